The number of hydrogen-bond acceptors (Lipinski definition) is 3. The number of benzene rings is 1. The maximum atomic E-state index is 11.6. The minimum absolute atomic E-state index is 0.0400. The molecule has 0 fully saturated rings. The molecule has 6 heteroatoms. The van der Waals surface area contributed by atoms with Gasteiger partial charge in [-0.15, -0.1) is 0 Å². The topological polar surface area (TPSA) is 57.9 Å². The third kappa shape index (κ3) is 2.72. The van der Waals surface area contributed by atoms with E-state index in [4.69, 9.17) is 28.5 Å². The van der Waals surface area contributed by atoms with Crippen LogP contribution in [0.5, 0.6) is 0 Å². The summed E-state index contributed by atoms with van der Waals surface area (Å²) >= 11 is 11.4. The van der Waals surface area contributed by atoms with Gasteiger partial charge in [0, 0.05) is 11.5 Å². The van der Waals surface area contributed by atoms with Crippen molar-refractivity contribution in [3.05, 3.63) is 39.7 Å². The number of nitrogens with zero attached hydrogens (tertiary/aromatic N) is 1. The summed E-state index contributed by atoms with van der Waals surface area (Å²) in [5.74, 6) is 0. The second-order valence-electron chi connectivity index (χ2n) is 2.53. The van der Waals surface area contributed by atoms with E-state index >= 15 is 0 Å². The summed E-state index contributed by atoms with van der Waals surface area (Å²) in [5, 5.41) is 9.14. The minimum Gasteiger partial charge on any atom is -0.219 e. The molecular weight excluding hydrogens is 257 g/mol. The van der Waals surface area contributed by atoms with Gasteiger partial charge in [0.2, 0.25) is 9.84 Å². The normalized spacial score (nSPS) is 11.5. The first-order chi connectivity index (χ1) is 6.99. The zero-order chi connectivity index (χ0) is 11.5. The lowest BCUT2D eigenvalue weighted by molar-refractivity contribution is 0.604. The van der Waals surface area contributed by atoms with Gasteiger partial charge in [-0.05, 0) is 12.1 Å². The molecule has 15 heavy (non-hydrogen) atoms. The van der Waals surface area contributed by atoms with Gasteiger partial charge in [0.25, 0.3) is 0 Å². The Morgan fingerprint density at radius 1 is 1.33 bits per heavy atom. The molecule has 0 aliphatic carbocycles. The third-order valence-corrected chi connectivity index (χ3v) is 3.92. The molecule has 0 atom stereocenters. The molecule has 0 amide bonds. The van der Waals surface area contributed by atoms with Crippen molar-refractivity contribution in [3.8, 4) is 6.07 Å². The van der Waals surface area contributed by atoms with Gasteiger partial charge in [0.1, 0.15) is 0 Å². The molecule has 1 aromatic carbocycles. The second-order valence-corrected chi connectivity index (χ2v) is 5.12. The van der Waals surface area contributed by atoms with Gasteiger partial charge in [0.15, 0.2) is 0 Å². The summed E-state index contributed by atoms with van der Waals surface area (Å²) in [5.41, 5.74) is 0. The Bertz CT molecular complexity index is 544. The zero-order valence-corrected chi connectivity index (χ0v) is 9.64. The van der Waals surface area contributed by atoms with Crippen molar-refractivity contribution in [1.29, 1.82) is 5.26 Å². The predicted molar refractivity (Wildman–Crippen MR) is 58.4 cm³/mol. The van der Waals surface area contributed by atoms with Gasteiger partial charge >= 0.3 is 0 Å². The Morgan fingerprint density at radius 3 is 2.60 bits per heavy atom. The summed E-state index contributed by atoms with van der Waals surface area (Å²) in [7, 11) is -3.70. The quantitative estimate of drug-likeness (QED) is 0.770. The Hall–Kier alpha value is -1.02. The van der Waals surface area contributed by atoms with E-state index in [-0.39, 0.29) is 14.9 Å². The average Bonchev–Trinajstić information content (AvgIpc) is 2.19. The third-order valence-electron chi connectivity index (χ3n) is 1.54. The highest BCUT2D eigenvalue weighted by Crippen LogP contribution is 2.29. The molecule has 3 nitrogen and oxygen atoms in total. The van der Waals surface area contributed by atoms with Crippen LogP contribution in [0.1, 0.15) is 0 Å². The van der Waals surface area contributed by atoms with E-state index in [1.54, 1.807) is 6.07 Å². The van der Waals surface area contributed by atoms with Gasteiger partial charge in [0.05, 0.1) is 21.0 Å². The van der Waals surface area contributed by atoms with Crippen molar-refractivity contribution in [2.45, 2.75) is 4.90 Å². The van der Waals surface area contributed by atoms with Crippen LogP contribution in [0.2, 0.25) is 10.0 Å². The first kappa shape index (κ1) is 12.1. The fourth-order valence-corrected chi connectivity index (χ4v) is 2.59. The summed E-state index contributed by atoms with van der Waals surface area (Å²) in [6.45, 7) is 0. The van der Waals surface area contributed by atoms with E-state index in [1.165, 1.54) is 18.2 Å². The van der Waals surface area contributed by atoms with E-state index in [0.29, 0.717) is 0 Å². The molecule has 0 N–H and O–H groups in total. The van der Waals surface area contributed by atoms with Gasteiger partial charge in [-0.2, -0.15) is 5.26 Å². The Kier molecular flexibility index (Phi) is 3.75. The molecule has 0 bridgehead atoms. The van der Waals surface area contributed by atoms with Gasteiger partial charge in [-0.25, -0.2) is 8.42 Å². The fourth-order valence-electron chi connectivity index (χ4n) is 0.897. The van der Waals surface area contributed by atoms with Crippen molar-refractivity contribution in [2.75, 3.05) is 0 Å². The van der Waals surface area contributed by atoms with Crippen molar-refractivity contribution in [3.63, 3.8) is 0 Å². The smallest absolute Gasteiger partial charge is 0.202 e. The van der Waals surface area contributed by atoms with Crippen LogP contribution in [-0.2, 0) is 9.84 Å². The van der Waals surface area contributed by atoms with Gasteiger partial charge < -0.3 is 0 Å². The number of nitriles is 1. The maximum absolute atomic E-state index is 11.6. The Balaban J connectivity index is 3.36. The minimum atomic E-state index is -3.70. The second kappa shape index (κ2) is 4.67. The van der Waals surface area contributed by atoms with E-state index in [1.807, 2.05) is 0 Å². The van der Waals surface area contributed by atoms with Crippen LogP contribution in [0.4, 0.5) is 0 Å². The van der Waals surface area contributed by atoms with Crippen LogP contribution >= 0.6 is 23.2 Å². The zero-order valence-electron chi connectivity index (χ0n) is 7.31. The highest BCUT2D eigenvalue weighted by atomic mass is 35.5. The molecule has 78 valence electrons. The fraction of sp³-hybridized carbons (Fsp3) is 0. The SMILES string of the molecule is N#CC=CS(=O)(=O)c1cccc(Cl)c1Cl. The van der Waals surface area contributed by atoms with E-state index < -0.39 is 9.84 Å². The predicted octanol–water partition coefficient (Wildman–Crippen LogP) is 2.80. The molecule has 0 aliphatic heterocycles. The lowest BCUT2D eigenvalue weighted by Crippen LogP contribution is -1.97. The van der Waals surface area contributed by atoms with Crippen LogP contribution in [-0.4, -0.2) is 8.42 Å². The monoisotopic (exact) mass is 261 g/mol. The largest absolute Gasteiger partial charge is 0.219 e. The van der Waals surface area contributed by atoms with E-state index in [0.717, 1.165) is 11.5 Å². The van der Waals surface area contributed by atoms with Crippen molar-refractivity contribution < 1.29 is 8.42 Å². The van der Waals surface area contributed by atoms with Crippen LogP contribution < -0.4 is 0 Å². The molecule has 0 saturated carbocycles. The maximum Gasteiger partial charge on any atom is 0.202 e. The summed E-state index contributed by atoms with van der Waals surface area (Å²) < 4.78 is 23.2. The summed E-state index contributed by atoms with van der Waals surface area (Å²) in [4.78, 5) is -0.108. The van der Waals surface area contributed by atoms with Crippen LogP contribution in [0, 0.1) is 11.3 Å². The van der Waals surface area contributed by atoms with Crippen molar-refractivity contribution >= 4 is 33.0 Å². The highest BCUT2D eigenvalue weighted by Gasteiger charge is 2.16. The standard InChI is InChI=1S/C9H5Cl2NO2S/c10-7-3-1-4-8(9(7)11)15(13,14)6-2-5-12/h1-4,6H. The van der Waals surface area contributed by atoms with E-state index in [2.05, 4.69) is 0 Å². The number of rotatable bonds is 2. The molecule has 1 rings (SSSR count). The first-order valence-corrected chi connectivity index (χ1v) is 6.04. The summed E-state index contributed by atoms with van der Waals surface area (Å²) in [6, 6.07) is 5.87. The molecule has 0 aromatic heterocycles. The van der Waals surface area contributed by atoms with Crippen molar-refractivity contribution in [2.24, 2.45) is 0 Å². The van der Waals surface area contributed by atoms with Gasteiger partial charge in [-0.1, -0.05) is 29.3 Å². The Labute approximate surface area is 97.5 Å². The molecule has 0 spiro atoms. The lowest BCUT2D eigenvalue weighted by Gasteiger charge is -2.02. The molecule has 0 saturated heterocycles. The highest BCUT2D eigenvalue weighted by molar-refractivity contribution is 7.94. The Morgan fingerprint density at radius 2 is 2.00 bits per heavy atom. The molecule has 1 aromatic rings. The molecule has 0 heterocycles. The molecule has 0 unspecified atom stereocenters. The molecular formula is C9H5Cl2NO2S. The first-order valence-electron chi connectivity index (χ1n) is 3.74. The average molecular weight is 262 g/mol. The molecule has 0 aliphatic rings. The van der Waals surface area contributed by atoms with Gasteiger partial charge in [-0.3, -0.25) is 0 Å². The van der Waals surface area contributed by atoms with Crippen LogP contribution in [0.15, 0.2) is 34.6 Å². The van der Waals surface area contributed by atoms with Crippen LogP contribution in [0.25, 0.3) is 0 Å². The van der Waals surface area contributed by atoms with Crippen LogP contribution in [0.3, 0.4) is 0 Å². The number of hydrogen-bond donors (Lipinski definition) is 0. The number of halogens is 2. The van der Waals surface area contributed by atoms with Crippen molar-refractivity contribution in [1.82, 2.24) is 0 Å². The number of allylic oxidation sites excluding steroid dienone is 1. The molecule has 0 radical (unpaired) electrons. The lowest BCUT2D eigenvalue weighted by atomic mass is 10.4. The van der Waals surface area contributed by atoms with E-state index in [9.17, 15) is 8.42 Å². The summed E-state index contributed by atoms with van der Waals surface area (Å²) in [6.07, 6.45) is 0.868. The number of sulfone groups is 1.